The predicted molar refractivity (Wildman–Crippen MR) is 171 cm³/mol. The van der Waals surface area contributed by atoms with Crippen LogP contribution < -0.4 is 0 Å². The van der Waals surface area contributed by atoms with Gasteiger partial charge < -0.3 is 0 Å². The first-order valence-electron chi connectivity index (χ1n) is 19.2. The maximum Gasteiger partial charge on any atom is 0.400 e. The van der Waals surface area contributed by atoms with Crippen molar-refractivity contribution in [2.75, 3.05) is 0 Å². The van der Waals surface area contributed by atoms with Crippen LogP contribution in [-0.4, -0.2) is 20.6 Å². The van der Waals surface area contributed by atoms with Gasteiger partial charge in [-0.15, -0.1) is 0 Å². The van der Waals surface area contributed by atoms with Crippen molar-refractivity contribution >= 4 is 10.4 Å². The summed E-state index contributed by atoms with van der Waals surface area (Å²) in [7, 11) is -3.98. The molecule has 8 aliphatic rings. The lowest BCUT2D eigenvalue weighted by atomic mass is 9.47. The summed E-state index contributed by atoms with van der Waals surface area (Å²) in [6.07, 6.45) is 22.1. The highest BCUT2D eigenvalue weighted by Gasteiger charge is 2.58. The normalized spacial score (nSPS) is 56.2. The van der Waals surface area contributed by atoms with E-state index < -0.39 is 10.4 Å². The van der Waals surface area contributed by atoms with E-state index in [4.69, 9.17) is 8.37 Å². The summed E-state index contributed by atoms with van der Waals surface area (Å²) >= 11 is 0. The van der Waals surface area contributed by atoms with Crippen molar-refractivity contribution < 1.29 is 16.8 Å². The zero-order chi connectivity index (χ0) is 29.7. The largest absolute Gasteiger partial charge is 0.400 e. The molecule has 0 aromatic heterocycles. The molecular weight excluding hydrogens is 552 g/mol. The fourth-order valence-electron chi connectivity index (χ4n) is 14.9. The lowest BCUT2D eigenvalue weighted by Gasteiger charge is -2.59. The molecule has 0 unspecified atom stereocenters. The van der Waals surface area contributed by atoms with E-state index in [0.29, 0.717) is 22.7 Å². The summed E-state index contributed by atoms with van der Waals surface area (Å²) in [5, 5.41) is 0. The SMILES string of the molecule is C[C@@H]1CC[C@@H]2[C@H]1CC[C@H]1[C@H]2CC[C@@H]2C[C@H](OS(=O)(=O)O[C@@H]3CC[C@@]4(C)[C@H](CC[C@H]5[C@@H]6CC[C@@H](C)[C@@H]6CC[C@@H]54)C3)CC[C@@]21C. The molecule has 0 bridgehead atoms. The van der Waals surface area contributed by atoms with Crippen LogP contribution in [0, 0.1) is 81.8 Å². The van der Waals surface area contributed by atoms with Crippen molar-refractivity contribution in [1.29, 1.82) is 0 Å². The quantitative estimate of drug-likeness (QED) is 0.316. The van der Waals surface area contributed by atoms with Gasteiger partial charge in [-0.1, -0.05) is 40.5 Å². The van der Waals surface area contributed by atoms with Crippen LogP contribution in [0.15, 0.2) is 0 Å². The van der Waals surface area contributed by atoms with E-state index in [1.807, 2.05) is 0 Å². The molecule has 4 nitrogen and oxygen atoms in total. The summed E-state index contributed by atoms with van der Waals surface area (Å²) < 4.78 is 38.6. The summed E-state index contributed by atoms with van der Waals surface area (Å²) in [5.41, 5.74) is 0.735. The molecule has 0 saturated heterocycles. The van der Waals surface area contributed by atoms with Crippen LogP contribution in [0.1, 0.15) is 143 Å². The van der Waals surface area contributed by atoms with Crippen LogP contribution in [0.5, 0.6) is 0 Å². The number of hydrogen-bond donors (Lipinski definition) is 0. The minimum atomic E-state index is -3.98. The molecule has 244 valence electrons. The van der Waals surface area contributed by atoms with Crippen LogP contribution in [0.3, 0.4) is 0 Å². The Morgan fingerprint density at radius 2 is 0.884 bits per heavy atom. The molecule has 8 aliphatic carbocycles. The van der Waals surface area contributed by atoms with E-state index in [2.05, 4.69) is 27.7 Å². The molecule has 0 aromatic carbocycles. The van der Waals surface area contributed by atoms with Gasteiger partial charge in [0.25, 0.3) is 0 Å². The minimum absolute atomic E-state index is 0.198. The molecule has 0 aliphatic heterocycles. The van der Waals surface area contributed by atoms with Gasteiger partial charge in [0.15, 0.2) is 0 Å². The topological polar surface area (TPSA) is 52.6 Å². The fourth-order valence-corrected chi connectivity index (χ4v) is 15.9. The Hall–Kier alpha value is -0.130. The van der Waals surface area contributed by atoms with Gasteiger partial charge in [-0.25, -0.2) is 8.37 Å². The molecule has 43 heavy (non-hydrogen) atoms. The fraction of sp³-hybridized carbons (Fsp3) is 1.00. The summed E-state index contributed by atoms with van der Waals surface area (Å²) in [4.78, 5) is 0. The summed E-state index contributed by atoms with van der Waals surface area (Å²) in [6.45, 7) is 10.1. The molecule has 0 radical (unpaired) electrons. The second kappa shape index (κ2) is 11.0. The van der Waals surface area contributed by atoms with Crippen LogP contribution in [0.4, 0.5) is 0 Å². The van der Waals surface area contributed by atoms with Gasteiger partial charge in [-0.2, -0.15) is 8.42 Å². The molecule has 16 atom stereocenters. The van der Waals surface area contributed by atoms with Crippen LogP contribution in [-0.2, 0) is 18.8 Å². The van der Waals surface area contributed by atoms with Gasteiger partial charge in [0.1, 0.15) is 0 Å². The van der Waals surface area contributed by atoms with Crippen molar-refractivity contribution in [2.24, 2.45) is 81.8 Å². The average molecular weight is 615 g/mol. The monoisotopic (exact) mass is 614 g/mol. The molecule has 8 rings (SSSR count). The highest BCUT2D eigenvalue weighted by atomic mass is 32.3. The maximum atomic E-state index is 13.4. The Balaban J connectivity index is 0.870. The van der Waals surface area contributed by atoms with Crippen LogP contribution in [0.25, 0.3) is 0 Å². The van der Waals surface area contributed by atoms with Gasteiger partial charge in [0.2, 0.25) is 0 Å². The maximum absolute atomic E-state index is 13.4. The second-order valence-corrected chi connectivity index (χ2v) is 19.6. The molecule has 0 heterocycles. The van der Waals surface area contributed by atoms with E-state index in [9.17, 15) is 8.42 Å². The van der Waals surface area contributed by atoms with E-state index in [1.54, 1.807) is 0 Å². The van der Waals surface area contributed by atoms with Crippen LogP contribution >= 0.6 is 0 Å². The second-order valence-electron chi connectivity index (χ2n) is 18.4. The van der Waals surface area contributed by atoms with Crippen molar-refractivity contribution in [3.8, 4) is 0 Å². The van der Waals surface area contributed by atoms with Gasteiger partial charge in [0, 0.05) is 0 Å². The highest BCUT2D eigenvalue weighted by molar-refractivity contribution is 7.81. The van der Waals surface area contributed by atoms with E-state index >= 15 is 0 Å². The smallest absolute Gasteiger partial charge is 0.245 e. The Labute approximate surface area is 263 Å². The molecule has 0 spiro atoms. The molecule has 0 N–H and O–H groups in total. The highest BCUT2D eigenvalue weighted by Crippen LogP contribution is 2.65. The van der Waals surface area contributed by atoms with E-state index in [-0.39, 0.29) is 12.2 Å². The van der Waals surface area contributed by atoms with Gasteiger partial charge in [0.05, 0.1) is 12.2 Å². The van der Waals surface area contributed by atoms with Crippen molar-refractivity contribution in [3.63, 3.8) is 0 Å². The van der Waals surface area contributed by atoms with Gasteiger partial charge in [-0.05, 0) is 185 Å². The first-order valence-corrected chi connectivity index (χ1v) is 20.5. The van der Waals surface area contributed by atoms with Crippen molar-refractivity contribution in [3.05, 3.63) is 0 Å². The van der Waals surface area contributed by atoms with E-state index in [1.165, 1.54) is 77.0 Å². The summed E-state index contributed by atoms with van der Waals surface area (Å²) in [6, 6.07) is 0. The first-order chi connectivity index (χ1) is 20.6. The third-order valence-corrected chi connectivity index (χ3v) is 18.1. The zero-order valence-electron chi connectivity index (χ0n) is 27.9. The summed E-state index contributed by atoms with van der Waals surface area (Å²) in [5.74, 6) is 10.4. The molecule has 8 saturated carbocycles. The van der Waals surface area contributed by atoms with Gasteiger partial charge in [-0.3, -0.25) is 0 Å². The number of hydrogen-bond acceptors (Lipinski definition) is 4. The Bertz CT molecular complexity index is 1070. The molecule has 8 fully saturated rings. The minimum Gasteiger partial charge on any atom is -0.245 e. The number of rotatable bonds is 4. The Morgan fingerprint density at radius 3 is 1.33 bits per heavy atom. The van der Waals surface area contributed by atoms with Crippen molar-refractivity contribution in [2.45, 2.75) is 155 Å². The first kappa shape index (κ1) is 30.2. The third-order valence-electron chi connectivity index (χ3n) is 17.1. The molecule has 0 amide bonds. The Morgan fingerprint density at radius 1 is 0.488 bits per heavy atom. The van der Waals surface area contributed by atoms with Crippen molar-refractivity contribution in [1.82, 2.24) is 0 Å². The third kappa shape index (κ3) is 4.96. The molecular formula is C38H62O4S. The molecule has 0 aromatic rings. The predicted octanol–water partition coefficient (Wildman–Crippen LogP) is 9.58. The standard InChI is InChI=1S/C38H62O4S/c1-23-5-9-31-29(23)13-15-35-33(31)11-7-25-21-27(17-19-37(25,35)3)41-43(39,40)42-28-18-20-38(4)26(22-28)8-12-34-32-10-6-24(2)30(32)14-16-36(34)38/h23-36H,5-22H2,1-4H3/t23-,24-,25-,26-,27-,28-,29+,30+,31-,32-,33+,34+,35+,36+,37+,38+/m1/s1. The van der Waals surface area contributed by atoms with Gasteiger partial charge >= 0.3 is 10.4 Å². The molecule has 5 heteroatoms. The van der Waals surface area contributed by atoms with E-state index in [0.717, 1.165) is 97.7 Å². The van der Waals surface area contributed by atoms with Crippen LogP contribution in [0.2, 0.25) is 0 Å². The lowest BCUT2D eigenvalue weighted by molar-refractivity contribution is -0.111. The lowest BCUT2D eigenvalue weighted by Crippen LogP contribution is -2.52. The Kier molecular flexibility index (Phi) is 7.70. The zero-order valence-corrected chi connectivity index (χ0v) is 28.7. The average Bonchev–Trinajstić information content (AvgIpc) is 3.55. The number of fused-ring (bicyclic) bond motifs is 10.